The summed E-state index contributed by atoms with van der Waals surface area (Å²) in [5, 5.41) is 16.6. The molecule has 3 rings (SSSR count). The molecule has 2 N–H and O–H groups in total. The van der Waals surface area contributed by atoms with Gasteiger partial charge in [0.05, 0.1) is 11.3 Å². The van der Waals surface area contributed by atoms with Gasteiger partial charge in [-0.25, -0.2) is 0 Å². The molecule has 7 nitrogen and oxygen atoms in total. The largest absolute Gasteiger partial charge is 0.396 e. The zero-order chi connectivity index (χ0) is 19.6. The number of carbonyl (C=O) groups is 2. The fourth-order valence-corrected chi connectivity index (χ4v) is 3.56. The Kier molecular flexibility index (Phi) is 5.60. The van der Waals surface area contributed by atoms with Gasteiger partial charge in [0.25, 0.3) is 5.91 Å². The van der Waals surface area contributed by atoms with E-state index in [1.54, 1.807) is 22.8 Å². The summed E-state index contributed by atoms with van der Waals surface area (Å²) in [6.07, 6.45) is 2.73. The minimum atomic E-state index is -0.572. The monoisotopic (exact) mass is 370 g/mol. The maximum Gasteiger partial charge on any atom is 0.258 e. The van der Waals surface area contributed by atoms with Crippen LogP contribution in [0.2, 0.25) is 0 Å². The molecule has 0 spiro atoms. The number of aliphatic hydroxyl groups is 1. The van der Waals surface area contributed by atoms with Crippen molar-refractivity contribution in [1.82, 2.24) is 14.7 Å². The first-order valence-corrected chi connectivity index (χ1v) is 9.29. The van der Waals surface area contributed by atoms with Crippen molar-refractivity contribution in [3.05, 3.63) is 47.3 Å². The van der Waals surface area contributed by atoms with Crippen LogP contribution in [0.5, 0.6) is 0 Å². The predicted molar refractivity (Wildman–Crippen MR) is 102 cm³/mol. The first-order chi connectivity index (χ1) is 13.0. The van der Waals surface area contributed by atoms with Crippen molar-refractivity contribution < 1.29 is 14.7 Å². The van der Waals surface area contributed by atoms with E-state index >= 15 is 0 Å². The standard InChI is InChI=1S/C20H26N4O3/c1-4-13(2)18-19(26)21-16-8-6-5-7-14(16)11-24(18)20(27)15-12-23(3)22-17(15)9-10-25/h5-8,12-13,18,25H,4,9-11H2,1-3H3,(H,21,26)/t13-,18-/m0/s1. The van der Waals surface area contributed by atoms with E-state index in [2.05, 4.69) is 10.4 Å². The second-order valence-electron chi connectivity index (χ2n) is 7.05. The Morgan fingerprint density at radius 1 is 1.41 bits per heavy atom. The number of amides is 2. The minimum Gasteiger partial charge on any atom is -0.396 e. The highest BCUT2D eigenvalue weighted by Gasteiger charge is 2.38. The SMILES string of the molecule is CC[C@H](C)[C@H]1C(=O)Nc2ccccc2CN1C(=O)c1cn(C)nc1CCO. The summed E-state index contributed by atoms with van der Waals surface area (Å²) >= 11 is 0. The van der Waals surface area contributed by atoms with Crippen molar-refractivity contribution in [2.45, 2.75) is 39.3 Å². The molecule has 0 radical (unpaired) electrons. The Hall–Kier alpha value is -2.67. The maximum absolute atomic E-state index is 13.5. The van der Waals surface area contributed by atoms with E-state index in [9.17, 15) is 14.7 Å². The average Bonchev–Trinajstić information content (AvgIpc) is 2.94. The quantitative estimate of drug-likeness (QED) is 0.842. The van der Waals surface area contributed by atoms with Crippen molar-refractivity contribution in [2.24, 2.45) is 13.0 Å². The van der Waals surface area contributed by atoms with E-state index in [0.29, 0.717) is 24.2 Å². The second kappa shape index (κ2) is 7.92. The molecule has 0 saturated heterocycles. The van der Waals surface area contributed by atoms with E-state index < -0.39 is 6.04 Å². The molecule has 1 aromatic heterocycles. The lowest BCUT2D eigenvalue weighted by Crippen LogP contribution is -2.49. The van der Waals surface area contributed by atoms with E-state index in [1.807, 2.05) is 38.1 Å². The Morgan fingerprint density at radius 3 is 2.85 bits per heavy atom. The van der Waals surface area contributed by atoms with E-state index in [-0.39, 0.29) is 24.3 Å². The van der Waals surface area contributed by atoms with Gasteiger partial charge in [-0.1, -0.05) is 38.5 Å². The number of aliphatic hydroxyl groups excluding tert-OH is 1. The topological polar surface area (TPSA) is 87.5 Å². The number of para-hydroxylation sites is 1. The molecular formula is C20H26N4O3. The Bertz CT molecular complexity index is 846. The number of nitrogens with zero attached hydrogens (tertiary/aromatic N) is 3. The summed E-state index contributed by atoms with van der Waals surface area (Å²) in [7, 11) is 1.74. The molecule has 2 amide bonds. The van der Waals surface area contributed by atoms with Gasteiger partial charge in [0.2, 0.25) is 5.91 Å². The third-order valence-corrected chi connectivity index (χ3v) is 5.15. The number of nitrogens with one attached hydrogen (secondary N) is 1. The molecule has 1 aliphatic rings. The van der Waals surface area contributed by atoms with Crippen LogP contribution in [0.3, 0.4) is 0 Å². The van der Waals surface area contributed by atoms with Crippen LogP contribution in [-0.4, -0.2) is 44.3 Å². The Labute approximate surface area is 159 Å². The summed E-state index contributed by atoms with van der Waals surface area (Å²) in [5.41, 5.74) is 2.63. The van der Waals surface area contributed by atoms with Crippen LogP contribution in [-0.2, 0) is 24.8 Å². The Balaban J connectivity index is 2.05. The van der Waals surface area contributed by atoms with E-state index in [1.165, 1.54) is 0 Å². The van der Waals surface area contributed by atoms with Crippen LogP contribution in [0, 0.1) is 5.92 Å². The minimum absolute atomic E-state index is 0.00113. The number of hydrogen-bond donors (Lipinski definition) is 2. The fraction of sp³-hybridized carbons (Fsp3) is 0.450. The average molecular weight is 370 g/mol. The number of aromatic nitrogens is 2. The molecule has 1 aromatic carbocycles. The first-order valence-electron chi connectivity index (χ1n) is 9.29. The van der Waals surface area contributed by atoms with Crippen molar-refractivity contribution >= 4 is 17.5 Å². The summed E-state index contributed by atoms with van der Waals surface area (Å²) in [5.74, 6) is -0.403. The van der Waals surface area contributed by atoms with E-state index in [4.69, 9.17) is 0 Å². The highest BCUT2D eigenvalue weighted by Crippen LogP contribution is 2.29. The van der Waals surface area contributed by atoms with Crippen LogP contribution in [0.15, 0.2) is 30.5 Å². The van der Waals surface area contributed by atoms with E-state index in [0.717, 1.165) is 17.7 Å². The van der Waals surface area contributed by atoms with Gasteiger partial charge in [0, 0.05) is 38.5 Å². The smallest absolute Gasteiger partial charge is 0.258 e. The lowest BCUT2D eigenvalue weighted by atomic mass is 9.96. The van der Waals surface area contributed by atoms with Gasteiger partial charge in [0.1, 0.15) is 6.04 Å². The maximum atomic E-state index is 13.5. The molecule has 0 bridgehead atoms. The third-order valence-electron chi connectivity index (χ3n) is 5.15. The highest BCUT2D eigenvalue weighted by molar-refractivity contribution is 6.03. The first kappa shape index (κ1) is 19.1. The lowest BCUT2D eigenvalue weighted by molar-refractivity contribution is -0.122. The van der Waals surface area contributed by atoms with Gasteiger partial charge < -0.3 is 15.3 Å². The number of aryl methyl sites for hydroxylation is 1. The molecular weight excluding hydrogens is 344 g/mol. The summed E-state index contributed by atoms with van der Waals surface area (Å²) in [6.45, 7) is 4.25. The number of anilines is 1. The predicted octanol–water partition coefficient (Wildman–Crippen LogP) is 1.96. The van der Waals surface area contributed by atoms with Crippen molar-refractivity contribution in [3.8, 4) is 0 Å². The molecule has 7 heteroatoms. The molecule has 0 aliphatic carbocycles. The molecule has 2 aromatic rings. The lowest BCUT2D eigenvalue weighted by Gasteiger charge is -2.32. The normalized spacial score (nSPS) is 17.9. The summed E-state index contributed by atoms with van der Waals surface area (Å²) < 4.78 is 1.57. The third kappa shape index (κ3) is 3.73. The molecule has 2 atom stereocenters. The molecule has 144 valence electrons. The summed E-state index contributed by atoms with van der Waals surface area (Å²) in [6, 6.07) is 6.98. The zero-order valence-corrected chi connectivity index (χ0v) is 16.0. The number of fused-ring (bicyclic) bond motifs is 1. The van der Waals surface area contributed by atoms with Crippen molar-refractivity contribution in [3.63, 3.8) is 0 Å². The summed E-state index contributed by atoms with van der Waals surface area (Å²) in [4.78, 5) is 28.1. The zero-order valence-electron chi connectivity index (χ0n) is 16.0. The van der Waals surface area contributed by atoms with Gasteiger partial charge >= 0.3 is 0 Å². The van der Waals surface area contributed by atoms with Gasteiger partial charge in [-0.05, 0) is 17.5 Å². The van der Waals surface area contributed by atoms with Crippen LogP contribution < -0.4 is 5.32 Å². The number of benzene rings is 1. The molecule has 27 heavy (non-hydrogen) atoms. The fourth-order valence-electron chi connectivity index (χ4n) is 3.56. The van der Waals surface area contributed by atoms with Crippen LogP contribution >= 0.6 is 0 Å². The van der Waals surface area contributed by atoms with Crippen molar-refractivity contribution in [1.29, 1.82) is 0 Å². The van der Waals surface area contributed by atoms with Gasteiger partial charge in [-0.2, -0.15) is 5.10 Å². The number of rotatable bonds is 5. The second-order valence-corrected chi connectivity index (χ2v) is 7.05. The molecule has 2 heterocycles. The molecule has 0 fully saturated rings. The van der Waals surface area contributed by atoms with Crippen LogP contribution in [0.1, 0.15) is 41.9 Å². The van der Waals surface area contributed by atoms with Gasteiger partial charge in [-0.3, -0.25) is 14.3 Å². The molecule has 0 unspecified atom stereocenters. The van der Waals surface area contributed by atoms with Crippen LogP contribution in [0.4, 0.5) is 5.69 Å². The molecule has 1 aliphatic heterocycles. The van der Waals surface area contributed by atoms with Gasteiger partial charge in [-0.15, -0.1) is 0 Å². The van der Waals surface area contributed by atoms with Crippen molar-refractivity contribution in [2.75, 3.05) is 11.9 Å². The number of carbonyl (C=O) groups excluding carboxylic acids is 2. The Morgan fingerprint density at radius 2 is 2.15 bits per heavy atom. The number of hydrogen-bond acceptors (Lipinski definition) is 4. The highest BCUT2D eigenvalue weighted by atomic mass is 16.3. The van der Waals surface area contributed by atoms with Crippen LogP contribution in [0.25, 0.3) is 0 Å². The molecule has 0 saturated carbocycles. The van der Waals surface area contributed by atoms with Gasteiger partial charge in [0.15, 0.2) is 0 Å².